The summed E-state index contributed by atoms with van der Waals surface area (Å²) >= 11 is 0. The highest BCUT2D eigenvalue weighted by molar-refractivity contribution is 5.89. The number of rotatable bonds is 3. The van der Waals surface area contributed by atoms with Gasteiger partial charge in [-0.05, 0) is 44.4 Å². The molecule has 6 nitrogen and oxygen atoms in total. The Morgan fingerprint density at radius 2 is 1.62 bits per heavy atom. The Bertz CT molecular complexity index is 505. The van der Waals surface area contributed by atoms with Crippen LogP contribution in [-0.2, 0) is 14.4 Å². The molecular weight excluding hydrogens is 308 g/mol. The molecule has 24 heavy (non-hydrogen) atoms. The highest BCUT2D eigenvalue weighted by atomic mass is 16.4. The van der Waals surface area contributed by atoms with Crippen molar-refractivity contribution in [3.05, 3.63) is 0 Å². The van der Waals surface area contributed by atoms with Crippen molar-refractivity contribution >= 4 is 17.8 Å². The number of likely N-dealkylation sites (tertiary alicyclic amines) is 2. The second-order valence-electron chi connectivity index (χ2n) is 7.80. The van der Waals surface area contributed by atoms with E-state index in [1.54, 1.807) is 4.90 Å². The Morgan fingerprint density at radius 1 is 1.00 bits per heavy atom. The van der Waals surface area contributed by atoms with Crippen LogP contribution in [-0.4, -0.2) is 58.4 Å². The van der Waals surface area contributed by atoms with Crippen LogP contribution in [0.2, 0.25) is 0 Å². The second-order valence-corrected chi connectivity index (χ2v) is 7.80. The Hall–Kier alpha value is -1.59. The van der Waals surface area contributed by atoms with Gasteiger partial charge in [-0.1, -0.05) is 6.92 Å². The van der Waals surface area contributed by atoms with Gasteiger partial charge < -0.3 is 14.9 Å². The van der Waals surface area contributed by atoms with Gasteiger partial charge in [0.05, 0.1) is 11.8 Å². The smallest absolute Gasteiger partial charge is 0.306 e. The molecule has 2 aliphatic heterocycles. The molecule has 1 saturated carbocycles. The topological polar surface area (TPSA) is 77.9 Å². The fourth-order valence-electron chi connectivity index (χ4n) is 4.41. The quantitative estimate of drug-likeness (QED) is 0.851. The van der Waals surface area contributed by atoms with Gasteiger partial charge in [-0.3, -0.25) is 14.4 Å². The van der Waals surface area contributed by atoms with E-state index in [0.717, 1.165) is 31.6 Å². The van der Waals surface area contributed by atoms with Gasteiger partial charge in [0.25, 0.3) is 0 Å². The van der Waals surface area contributed by atoms with Crippen LogP contribution in [0.3, 0.4) is 0 Å². The van der Waals surface area contributed by atoms with Crippen LogP contribution in [0, 0.1) is 17.8 Å². The molecular formula is C18H28N2O4. The number of carbonyl (C=O) groups excluding carboxylic acids is 2. The first-order valence-electron chi connectivity index (χ1n) is 9.26. The number of hydrogen-bond acceptors (Lipinski definition) is 3. The van der Waals surface area contributed by atoms with Gasteiger partial charge in [0.2, 0.25) is 11.8 Å². The van der Waals surface area contributed by atoms with E-state index in [9.17, 15) is 14.4 Å². The molecule has 2 saturated heterocycles. The molecule has 0 bridgehead atoms. The SMILES string of the molecule is CC1CCC(N2CC(C(=O)N3CCC(C(=O)O)CC3)CC2=O)CC1. The number of amides is 2. The summed E-state index contributed by atoms with van der Waals surface area (Å²) < 4.78 is 0. The Kier molecular flexibility index (Phi) is 5.11. The lowest BCUT2D eigenvalue weighted by Crippen LogP contribution is -2.44. The van der Waals surface area contributed by atoms with Gasteiger partial charge in [0.15, 0.2) is 0 Å². The molecule has 3 rings (SSSR count). The average Bonchev–Trinajstić information content (AvgIpc) is 2.97. The fourth-order valence-corrected chi connectivity index (χ4v) is 4.41. The molecule has 3 fully saturated rings. The number of carboxylic acids is 1. The standard InChI is InChI=1S/C18H28N2O4/c1-12-2-4-15(5-3-12)20-11-14(10-16(20)21)17(22)19-8-6-13(7-9-19)18(23)24/h12-15H,2-11H2,1H3,(H,23,24). The van der Waals surface area contributed by atoms with Gasteiger partial charge in [-0.25, -0.2) is 0 Å². The van der Waals surface area contributed by atoms with Crippen LogP contribution < -0.4 is 0 Å². The zero-order valence-corrected chi connectivity index (χ0v) is 14.4. The first-order chi connectivity index (χ1) is 11.5. The zero-order valence-electron chi connectivity index (χ0n) is 14.4. The van der Waals surface area contributed by atoms with Crippen molar-refractivity contribution in [1.82, 2.24) is 9.80 Å². The third kappa shape index (κ3) is 3.57. The summed E-state index contributed by atoms with van der Waals surface area (Å²) in [6.45, 7) is 3.81. The number of nitrogens with zero attached hydrogens (tertiary/aromatic N) is 2. The molecule has 0 aromatic rings. The van der Waals surface area contributed by atoms with Crippen molar-refractivity contribution in [1.29, 1.82) is 0 Å². The van der Waals surface area contributed by atoms with Gasteiger partial charge in [0.1, 0.15) is 0 Å². The molecule has 1 N–H and O–H groups in total. The maximum Gasteiger partial charge on any atom is 0.306 e. The van der Waals surface area contributed by atoms with E-state index in [1.165, 1.54) is 0 Å². The third-order valence-electron chi connectivity index (χ3n) is 6.09. The van der Waals surface area contributed by atoms with E-state index in [-0.39, 0.29) is 23.7 Å². The van der Waals surface area contributed by atoms with Crippen LogP contribution in [0.15, 0.2) is 0 Å². The summed E-state index contributed by atoms with van der Waals surface area (Å²) in [5, 5.41) is 9.05. The van der Waals surface area contributed by atoms with E-state index in [2.05, 4.69) is 6.92 Å². The van der Waals surface area contributed by atoms with Gasteiger partial charge in [-0.2, -0.15) is 0 Å². The fraction of sp³-hybridized carbons (Fsp3) is 0.833. The van der Waals surface area contributed by atoms with Crippen molar-refractivity contribution in [2.75, 3.05) is 19.6 Å². The molecule has 1 unspecified atom stereocenters. The van der Waals surface area contributed by atoms with Crippen LogP contribution in [0.4, 0.5) is 0 Å². The third-order valence-corrected chi connectivity index (χ3v) is 6.09. The molecule has 6 heteroatoms. The second kappa shape index (κ2) is 7.11. The summed E-state index contributed by atoms with van der Waals surface area (Å²) in [5.41, 5.74) is 0. The maximum absolute atomic E-state index is 12.7. The van der Waals surface area contributed by atoms with E-state index in [0.29, 0.717) is 44.9 Å². The predicted molar refractivity (Wildman–Crippen MR) is 88.2 cm³/mol. The molecule has 2 amide bonds. The summed E-state index contributed by atoms with van der Waals surface area (Å²) in [6.07, 6.45) is 5.79. The first kappa shape index (κ1) is 17.2. The minimum absolute atomic E-state index is 0.0406. The van der Waals surface area contributed by atoms with Crippen molar-refractivity contribution in [2.24, 2.45) is 17.8 Å². The number of carboxylic acid groups (broad SMARTS) is 1. The molecule has 0 radical (unpaired) electrons. The zero-order chi connectivity index (χ0) is 17.3. The molecule has 2 heterocycles. The highest BCUT2D eigenvalue weighted by Crippen LogP contribution is 2.32. The van der Waals surface area contributed by atoms with Crippen LogP contribution in [0.5, 0.6) is 0 Å². The molecule has 134 valence electrons. The summed E-state index contributed by atoms with van der Waals surface area (Å²) in [4.78, 5) is 39.8. The van der Waals surface area contributed by atoms with Gasteiger partial charge in [0, 0.05) is 32.1 Å². The largest absolute Gasteiger partial charge is 0.481 e. The van der Waals surface area contributed by atoms with Crippen molar-refractivity contribution in [3.63, 3.8) is 0 Å². The average molecular weight is 336 g/mol. The molecule has 1 aliphatic carbocycles. The van der Waals surface area contributed by atoms with E-state index in [1.807, 2.05) is 4.90 Å². The number of piperidine rings is 1. The minimum Gasteiger partial charge on any atom is -0.481 e. The van der Waals surface area contributed by atoms with Crippen LogP contribution in [0.25, 0.3) is 0 Å². The summed E-state index contributed by atoms with van der Waals surface area (Å²) in [7, 11) is 0. The maximum atomic E-state index is 12.7. The summed E-state index contributed by atoms with van der Waals surface area (Å²) in [6, 6.07) is 0.309. The van der Waals surface area contributed by atoms with Crippen LogP contribution in [0.1, 0.15) is 51.9 Å². The normalized spacial score (nSPS) is 32.2. The molecule has 1 atom stereocenters. The van der Waals surface area contributed by atoms with Crippen molar-refractivity contribution in [2.45, 2.75) is 57.9 Å². The van der Waals surface area contributed by atoms with E-state index < -0.39 is 5.97 Å². The minimum atomic E-state index is -0.768. The Balaban J connectivity index is 1.54. The molecule has 0 aromatic heterocycles. The molecule has 3 aliphatic rings. The highest BCUT2D eigenvalue weighted by Gasteiger charge is 2.41. The lowest BCUT2D eigenvalue weighted by Gasteiger charge is -2.34. The summed E-state index contributed by atoms with van der Waals surface area (Å²) in [5.74, 6) is -0.437. The lowest BCUT2D eigenvalue weighted by molar-refractivity contribution is -0.146. The van der Waals surface area contributed by atoms with E-state index >= 15 is 0 Å². The predicted octanol–water partition coefficient (Wildman–Crippen LogP) is 1.74. The number of carbonyl (C=O) groups is 3. The van der Waals surface area contributed by atoms with Gasteiger partial charge >= 0.3 is 5.97 Å². The van der Waals surface area contributed by atoms with Gasteiger partial charge in [-0.15, -0.1) is 0 Å². The molecule has 0 aromatic carbocycles. The van der Waals surface area contributed by atoms with Crippen molar-refractivity contribution < 1.29 is 19.5 Å². The van der Waals surface area contributed by atoms with Crippen LogP contribution >= 0.6 is 0 Å². The monoisotopic (exact) mass is 336 g/mol. The molecule has 0 spiro atoms. The first-order valence-corrected chi connectivity index (χ1v) is 9.26. The van der Waals surface area contributed by atoms with Crippen molar-refractivity contribution in [3.8, 4) is 0 Å². The number of hydrogen-bond donors (Lipinski definition) is 1. The number of aliphatic carboxylic acids is 1. The Morgan fingerprint density at radius 3 is 2.21 bits per heavy atom. The Labute approximate surface area is 143 Å². The van der Waals surface area contributed by atoms with E-state index in [4.69, 9.17) is 5.11 Å². The lowest BCUT2D eigenvalue weighted by atomic mass is 9.86.